The van der Waals surface area contributed by atoms with Crippen LogP contribution in [-0.4, -0.2) is 93.3 Å². The highest BCUT2D eigenvalue weighted by Gasteiger charge is 2.30. The van der Waals surface area contributed by atoms with E-state index in [1.807, 2.05) is 63.2 Å². The summed E-state index contributed by atoms with van der Waals surface area (Å²) in [6.45, 7) is 8.71. The fourth-order valence-corrected chi connectivity index (χ4v) is 5.37. The molecule has 4 rings (SSSR count). The lowest BCUT2D eigenvalue weighted by Gasteiger charge is -2.36. The summed E-state index contributed by atoms with van der Waals surface area (Å²) in [5, 5.41) is 10.1. The molecule has 1 N–H and O–H groups in total. The second-order valence-electron chi connectivity index (χ2n) is 11.8. The Morgan fingerprint density at radius 2 is 1.78 bits per heavy atom. The van der Waals surface area contributed by atoms with Crippen molar-refractivity contribution in [2.75, 3.05) is 59.1 Å². The normalized spacial score (nSPS) is 22.6. The Morgan fingerprint density at radius 1 is 1.02 bits per heavy atom. The van der Waals surface area contributed by atoms with E-state index in [0.717, 1.165) is 48.6 Å². The van der Waals surface area contributed by atoms with E-state index in [1.165, 1.54) is 0 Å². The molecule has 0 saturated heterocycles. The number of likely N-dealkylation sites (N-methyl/N-ethyl adjacent to an activating group) is 1. The van der Waals surface area contributed by atoms with E-state index < -0.39 is 0 Å². The van der Waals surface area contributed by atoms with Crippen LogP contribution in [-0.2, 0) is 11.3 Å². The Hall–Kier alpha value is -3.01. The first-order valence-electron chi connectivity index (χ1n) is 14.7. The van der Waals surface area contributed by atoms with Crippen LogP contribution in [0.3, 0.4) is 0 Å². The molecule has 2 heterocycles. The molecule has 9 nitrogen and oxygen atoms in total. The first-order valence-corrected chi connectivity index (χ1v) is 14.7. The molecular formula is C32H47N3O6. The second kappa shape index (κ2) is 14.2. The third-order valence-electron chi connectivity index (χ3n) is 7.93. The number of nitrogens with zero attached hydrogens (tertiary/aromatic N) is 3. The highest BCUT2D eigenvalue weighted by molar-refractivity contribution is 5.98. The molecule has 1 amide bonds. The van der Waals surface area contributed by atoms with E-state index in [1.54, 1.807) is 4.90 Å². The van der Waals surface area contributed by atoms with Gasteiger partial charge in [-0.05, 0) is 76.1 Å². The van der Waals surface area contributed by atoms with Crippen LogP contribution in [0.1, 0.15) is 56.0 Å². The Labute approximate surface area is 244 Å². The lowest BCUT2D eigenvalue weighted by Crippen LogP contribution is -2.47. The van der Waals surface area contributed by atoms with Gasteiger partial charge in [-0.25, -0.2) is 0 Å². The minimum Gasteiger partial charge on any atom is -0.490 e. The Kier molecular flexibility index (Phi) is 10.8. The van der Waals surface area contributed by atoms with Crippen LogP contribution in [0.2, 0.25) is 0 Å². The molecule has 41 heavy (non-hydrogen) atoms. The maximum Gasteiger partial charge on any atom is 0.258 e. The number of hydrogen-bond acceptors (Lipinski definition) is 8. The van der Waals surface area contributed by atoms with Crippen molar-refractivity contribution in [3.63, 3.8) is 0 Å². The first kappa shape index (κ1) is 30.9. The van der Waals surface area contributed by atoms with Gasteiger partial charge in [-0.1, -0.05) is 13.0 Å². The number of carbonyl (C=O) groups is 1. The first-order chi connectivity index (χ1) is 19.7. The van der Waals surface area contributed by atoms with Gasteiger partial charge in [0.05, 0.1) is 30.4 Å². The molecule has 0 unspecified atom stereocenters. The summed E-state index contributed by atoms with van der Waals surface area (Å²) in [7, 11) is 6.00. The third-order valence-corrected chi connectivity index (χ3v) is 7.93. The topological polar surface area (TPSA) is 83.9 Å². The van der Waals surface area contributed by atoms with Crippen LogP contribution in [0.15, 0.2) is 36.4 Å². The highest BCUT2D eigenvalue weighted by atomic mass is 16.7. The standard InChI is InChI=1S/C32H47N3O6/c1-22-17-35(23(2)20-36)32(37)27-16-26(33(4)5)11-13-28(27)41-24(3)9-7-8-14-38-31(22)19-34(6)18-25-10-12-29-30(15-25)40-21-39-29/h10-13,15-16,22-24,31,36H,7-9,14,17-21H2,1-6H3/t22-,23-,24+,31+/m1/s1. The Balaban J connectivity index is 1.57. The van der Waals surface area contributed by atoms with E-state index in [0.29, 0.717) is 31.0 Å². The predicted molar refractivity (Wildman–Crippen MR) is 160 cm³/mol. The average Bonchev–Trinajstić information content (AvgIpc) is 3.42. The molecule has 0 aromatic heterocycles. The maximum atomic E-state index is 14.1. The van der Waals surface area contributed by atoms with Gasteiger partial charge < -0.3 is 33.9 Å². The summed E-state index contributed by atoms with van der Waals surface area (Å²) in [5.41, 5.74) is 2.58. The fourth-order valence-electron chi connectivity index (χ4n) is 5.37. The Bertz CT molecular complexity index is 1160. The number of benzene rings is 2. The number of amides is 1. The van der Waals surface area contributed by atoms with Crippen molar-refractivity contribution in [1.82, 2.24) is 9.80 Å². The molecule has 0 bridgehead atoms. The van der Waals surface area contributed by atoms with Crippen LogP contribution in [0.25, 0.3) is 0 Å². The molecule has 0 saturated carbocycles. The molecule has 2 aliphatic rings. The van der Waals surface area contributed by atoms with Crippen LogP contribution >= 0.6 is 0 Å². The molecule has 0 radical (unpaired) electrons. The fraction of sp³-hybridized carbons (Fsp3) is 0.594. The van der Waals surface area contributed by atoms with Gasteiger partial charge in [0.2, 0.25) is 6.79 Å². The van der Waals surface area contributed by atoms with Gasteiger partial charge in [0.1, 0.15) is 5.75 Å². The van der Waals surface area contributed by atoms with Crippen molar-refractivity contribution < 1.29 is 28.8 Å². The molecule has 9 heteroatoms. The number of fused-ring (bicyclic) bond motifs is 2. The van der Waals surface area contributed by atoms with Crippen molar-refractivity contribution in [3.05, 3.63) is 47.5 Å². The smallest absolute Gasteiger partial charge is 0.258 e. The summed E-state index contributed by atoms with van der Waals surface area (Å²) in [6.07, 6.45) is 2.64. The summed E-state index contributed by atoms with van der Waals surface area (Å²) < 4.78 is 23.8. The monoisotopic (exact) mass is 569 g/mol. The van der Waals surface area contributed by atoms with E-state index in [4.69, 9.17) is 18.9 Å². The Morgan fingerprint density at radius 3 is 2.54 bits per heavy atom. The van der Waals surface area contributed by atoms with E-state index >= 15 is 0 Å². The number of ether oxygens (including phenoxy) is 4. The molecule has 0 spiro atoms. The van der Waals surface area contributed by atoms with Crippen LogP contribution in [0, 0.1) is 5.92 Å². The quantitative estimate of drug-likeness (QED) is 0.525. The van der Waals surface area contributed by atoms with Crippen molar-refractivity contribution in [2.45, 2.75) is 64.8 Å². The molecule has 2 aromatic carbocycles. The molecule has 0 aliphatic carbocycles. The lowest BCUT2D eigenvalue weighted by atomic mass is 10.0. The number of rotatable bonds is 7. The van der Waals surface area contributed by atoms with Crippen molar-refractivity contribution in [3.8, 4) is 17.2 Å². The van der Waals surface area contributed by atoms with Crippen molar-refractivity contribution >= 4 is 11.6 Å². The zero-order chi connectivity index (χ0) is 29.5. The van der Waals surface area contributed by atoms with E-state index in [-0.39, 0.29) is 43.5 Å². The van der Waals surface area contributed by atoms with Crippen molar-refractivity contribution in [2.24, 2.45) is 5.92 Å². The zero-order valence-corrected chi connectivity index (χ0v) is 25.5. The van der Waals surface area contributed by atoms with Gasteiger partial charge in [0.15, 0.2) is 11.5 Å². The van der Waals surface area contributed by atoms with Crippen LogP contribution in [0.5, 0.6) is 17.2 Å². The summed E-state index contributed by atoms with van der Waals surface area (Å²) in [4.78, 5) is 20.1. The molecule has 226 valence electrons. The number of aliphatic hydroxyl groups excluding tert-OH is 1. The molecule has 2 aliphatic heterocycles. The number of hydrogen-bond donors (Lipinski definition) is 1. The van der Waals surface area contributed by atoms with Gasteiger partial charge in [-0.15, -0.1) is 0 Å². The largest absolute Gasteiger partial charge is 0.490 e. The minimum absolute atomic E-state index is 0.0235. The van der Waals surface area contributed by atoms with Gasteiger partial charge in [0.25, 0.3) is 5.91 Å². The predicted octanol–water partition coefficient (Wildman–Crippen LogP) is 4.41. The second-order valence-corrected chi connectivity index (χ2v) is 11.8. The molecular weight excluding hydrogens is 522 g/mol. The third kappa shape index (κ3) is 8.05. The minimum atomic E-state index is -0.363. The number of anilines is 1. The van der Waals surface area contributed by atoms with Gasteiger partial charge >= 0.3 is 0 Å². The summed E-state index contributed by atoms with van der Waals surface area (Å²) >= 11 is 0. The summed E-state index contributed by atoms with van der Waals surface area (Å²) in [6, 6.07) is 11.5. The van der Waals surface area contributed by atoms with Gasteiger partial charge in [-0.2, -0.15) is 0 Å². The average molecular weight is 570 g/mol. The van der Waals surface area contributed by atoms with Crippen LogP contribution < -0.4 is 19.1 Å². The SMILES string of the molecule is C[C@@H]1CN([C@H](C)CO)C(=O)c2cc(N(C)C)ccc2O[C@@H](C)CCCCO[C@H]1CN(C)Cc1ccc2c(c1)OCO2. The number of carbonyl (C=O) groups excluding carboxylic acids is 1. The highest BCUT2D eigenvalue weighted by Crippen LogP contribution is 2.33. The maximum absolute atomic E-state index is 14.1. The van der Waals surface area contributed by atoms with Gasteiger partial charge in [0, 0.05) is 51.9 Å². The van der Waals surface area contributed by atoms with Gasteiger partial charge in [-0.3, -0.25) is 9.69 Å². The number of aliphatic hydroxyl groups is 1. The summed E-state index contributed by atoms with van der Waals surface area (Å²) in [5.74, 6) is 2.02. The molecule has 0 fully saturated rings. The lowest BCUT2D eigenvalue weighted by molar-refractivity contribution is -0.0177. The molecule has 4 atom stereocenters. The molecule has 2 aromatic rings. The van der Waals surface area contributed by atoms with Crippen molar-refractivity contribution in [1.29, 1.82) is 0 Å². The van der Waals surface area contributed by atoms with E-state index in [2.05, 4.69) is 24.9 Å². The zero-order valence-electron chi connectivity index (χ0n) is 25.5. The van der Waals surface area contributed by atoms with Crippen LogP contribution in [0.4, 0.5) is 5.69 Å². The van der Waals surface area contributed by atoms with E-state index in [9.17, 15) is 9.90 Å².